The van der Waals surface area contributed by atoms with Crippen molar-refractivity contribution in [3.8, 4) is 11.8 Å². The van der Waals surface area contributed by atoms with Crippen molar-refractivity contribution >= 4 is 11.7 Å². The zero-order chi connectivity index (χ0) is 13.5. The fourth-order valence-corrected chi connectivity index (χ4v) is 1.36. The van der Waals surface area contributed by atoms with Gasteiger partial charge in [-0.05, 0) is 18.1 Å². The van der Waals surface area contributed by atoms with Crippen molar-refractivity contribution in [3.63, 3.8) is 0 Å². The number of carbonyl (C=O) groups is 1. The van der Waals surface area contributed by atoms with Crippen LogP contribution in [-0.2, 0) is 11.3 Å². The standard InChI is InChI=1S/C12H12N6O/c13-6-2-4-10-3-1-5-11(15-10)16-12(19)9-18-8-7-14-17-18/h1,3,5,7-8H,6,9,13H2,(H,15,16,19). The molecule has 0 aromatic carbocycles. The topological polar surface area (TPSA) is 98.7 Å². The molecule has 7 heteroatoms. The van der Waals surface area contributed by atoms with Gasteiger partial charge in [0, 0.05) is 6.20 Å². The molecule has 2 aromatic rings. The lowest BCUT2D eigenvalue weighted by molar-refractivity contribution is -0.116. The van der Waals surface area contributed by atoms with Crippen molar-refractivity contribution in [1.29, 1.82) is 0 Å². The Balaban J connectivity index is 2.00. The molecule has 2 rings (SSSR count). The molecule has 3 N–H and O–H groups in total. The molecule has 0 spiro atoms. The smallest absolute Gasteiger partial charge is 0.247 e. The predicted molar refractivity (Wildman–Crippen MR) is 68.8 cm³/mol. The van der Waals surface area contributed by atoms with Gasteiger partial charge in [0.2, 0.25) is 5.91 Å². The third-order valence-electron chi connectivity index (χ3n) is 2.11. The van der Waals surface area contributed by atoms with Crippen LogP contribution in [0.3, 0.4) is 0 Å². The summed E-state index contributed by atoms with van der Waals surface area (Å²) >= 11 is 0. The van der Waals surface area contributed by atoms with E-state index in [1.165, 1.54) is 10.9 Å². The van der Waals surface area contributed by atoms with Crippen LogP contribution in [0.5, 0.6) is 0 Å². The van der Waals surface area contributed by atoms with Gasteiger partial charge in [0.05, 0.1) is 12.7 Å². The maximum atomic E-state index is 11.7. The minimum atomic E-state index is -0.234. The number of nitrogens with one attached hydrogen (secondary N) is 1. The van der Waals surface area contributed by atoms with E-state index in [0.29, 0.717) is 11.5 Å². The van der Waals surface area contributed by atoms with E-state index in [2.05, 4.69) is 32.5 Å². The van der Waals surface area contributed by atoms with Gasteiger partial charge in [0.25, 0.3) is 0 Å². The van der Waals surface area contributed by atoms with E-state index >= 15 is 0 Å². The monoisotopic (exact) mass is 256 g/mol. The molecular formula is C12H12N6O. The van der Waals surface area contributed by atoms with E-state index in [0.717, 1.165) is 0 Å². The minimum Gasteiger partial charge on any atom is -0.320 e. The van der Waals surface area contributed by atoms with Gasteiger partial charge in [-0.15, -0.1) is 5.10 Å². The third kappa shape index (κ3) is 3.90. The number of nitrogens with two attached hydrogens (primary N) is 1. The van der Waals surface area contributed by atoms with E-state index in [4.69, 9.17) is 5.73 Å². The average molecular weight is 256 g/mol. The van der Waals surface area contributed by atoms with Crippen LogP contribution in [-0.4, -0.2) is 32.4 Å². The molecule has 0 bridgehead atoms. The van der Waals surface area contributed by atoms with E-state index in [9.17, 15) is 4.79 Å². The summed E-state index contributed by atoms with van der Waals surface area (Å²) in [5.41, 5.74) is 5.84. The maximum absolute atomic E-state index is 11.7. The molecule has 0 saturated carbocycles. The molecule has 19 heavy (non-hydrogen) atoms. The Morgan fingerprint density at radius 3 is 3.11 bits per heavy atom. The quantitative estimate of drug-likeness (QED) is 0.729. The normalized spacial score (nSPS) is 9.53. The molecule has 0 radical (unpaired) electrons. The first-order valence-corrected chi connectivity index (χ1v) is 5.58. The number of aromatic nitrogens is 4. The van der Waals surface area contributed by atoms with Gasteiger partial charge in [-0.3, -0.25) is 4.79 Å². The van der Waals surface area contributed by atoms with Crippen molar-refractivity contribution in [2.75, 3.05) is 11.9 Å². The Kier molecular flexibility index (Phi) is 4.21. The van der Waals surface area contributed by atoms with E-state index in [1.54, 1.807) is 24.4 Å². The van der Waals surface area contributed by atoms with Crippen molar-refractivity contribution in [2.45, 2.75) is 6.54 Å². The number of pyridine rings is 1. The number of carbonyl (C=O) groups excluding carboxylic acids is 1. The molecule has 0 fully saturated rings. The van der Waals surface area contributed by atoms with Crippen molar-refractivity contribution < 1.29 is 4.79 Å². The fraction of sp³-hybridized carbons (Fsp3) is 0.167. The lowest BCUT2D eigenvalue weighted by Gasteiger charge is -2.04. The molecule has 0 aliphatic carbocycles. The molecular weight excluding hydrogens is 244 g/mol. The first-order valence-electron chi connectivity index (χ1n) is 5.58. The molecule has 0 aliphatic heterocycles. The second-order valence-electron chi connectivity index (χ2n) is 3.56. The molecule has 7 nitrogen and oxygen atoms in total. The summed E-state index contributed by atoms with van der Waals surface area (Å²) < 4.78 is 1.42. The van der Waals surface area contributed by atoms with E-state index < -0.39 is 0 Å². The van der Waals surface area contributed by atoms with Crippen LogP contribution in [0.25, 0.3) is 0 Å². The van der Waals surface area contributed by atoms with Crippen LogP contribution < -0.4 is 11.1 Å². The van der Waals surface area contributed by atoms with Crippen LogP contribution in [0.2, 0.25) is 0 Å². The largest absolute Gasteiger partial charge is 0.320 e. The van der Waals surface area contributed by atoms with Gasteiger partial charge in [-0.1, -0.05) is 17.2 Å². The van der Waals surface area contributed by atoms with Crippen LogP contribution in [0.1, 0.15) is 5.69 Å². The number of hydrogen-bond acceptors (Lipinski definition) is 5. The lowest BCUT2D eigenvalue weighted by atomic mass is 10.3. The van der Waals surface area contributed by atoms with Crippen LogP contribution >= 0.6 is 0 Å². The molecule has 96 valence electrons. The van der Waals surface area contributed by atoms with E-state index in [-0.39, 0.29) is 19.0 Å². The summed E-state index contributed by atoms with van der Waals surface area (Å²) in [4.78, 5) is 15.9. The van der Waals surface area contributed by atoms with Gasteiger partial charge >= 0.3 is 0 Å². The number of rotatable bonds is 3. The first-order chi connectivity index (χ1) is 9.28. The lowest BCUT2D eigenvalue weighted by Crippen LogP contribution is -2.19. The van der Waals surface area contributed by atoms with Gasteiger partial charge < -0.3 is 11.1 Å². The summed E-state index contributed by atoms with van der Waals surface area (Å²) in [6.07, 6.45) is 3.12. The van der Waals surface area contributed by atoms with Crippen LogP contribution in [0.15, 0.2) is 30.6 Å². The Hall–Kier alpha value is -2.72. The number of amides is 1. The molecule has 0 atom stereocenters. The first kappa shape index (κ1) is 12.7. The summed E-state index contributed by atoms with van der Waals surface area (Å²) in [5.74, 6) is 5.70. The summed E-state index contributed by atoms with van der Waals surface area (Å²) in [5, 5.41) is 9.98. The fourth-order valence-electron chi connectivity index (χ4n) is 1.36. The van der Waals surface area contributed by atoms with Crippen molar-refractivity contribution in [1.82, 2.24) is 20.0 Å². The highest BCUT2D eigenvalue weighted by atomic mass is 16.2. The SMILES string of the molecule is NCC#Cc1cccc(NC(=O)Cn2ccnn2)n1. The highest BCUT2D eigenvalue weighted by molar-refractivity contribution is 5.89. The number of nitrogens with zero attached hydrogens (tertiary/aromatic N) is 4. The van der Waals surface area contributed by atoms with Gasteiger partial charge in [-0.25, -0.2) is 9.67 Å². The molecule has 2 aromatic heterocycles. The highest BCUT2D eigenvalue weighted by Gasteiger charge is 2.05. The molecule has 2 heterocycles. The molecule has 0 unspecified atom stereocenters. The maximum Gasteiger partial charge on any atom is 0.247 e. The highest BCUT2D eigenvalue weighted by Crippen LogP contribution is 2.04. The Morgan fingerprint density at radius 1 is 1.47 bits per heavy atom. The Bertz CT molecular complexity index is 611. The van der Waals surface area contributed by atoms with Crippen molar-refractivity contribution in [3.05, 3.63) is 36.3 Å². The van der Waals surface area contributed by atoms with Crippen LogP contribution in [0.4, 0.5) is 5.82 Å². The van der Waals surface area contributed by atoms with Crippen molar-refractivity contribution in [2.24, 2.45) is 5.73 Å². The zero-order valence-corrected chi connectivity index (χ0v) is 10.1. The average Bonchev–Trinajstić information content (AvgIpc) is 2.89. The predicted octanol–water partition coefficient (Wildman–Crippen LogP) is -0.378. The summed E-state index contributed by atoms with van der Waals surface area (Å²) in [7, 11) is 0. The third-order valence-corrected chi connectivity index (χ3v) is 2.11. The minimum absolute atomic E-state index is 0.0837. The van der Waals surface area contributed by atoms with Gasteiger partial charge in [-0.2, -0.15) is 0 Å². The van der Waals surface area contributed by atoms with Crippen LogP contribution in [0, 0.1) is 11.8 Å². The zero-order valence-electron chi connectivity index (χ0n) is 10.1. The Morgan fingerprint density at radius 2 is 2.37 bits per heavy atom. The second-order valence-corrected chi connectivity index (χ2v) is 3.56. The molecule has 0 aliphatic rings. The molecule has 0 saturated heterocycles. The number of hydrogen-bond donors (Lipinski definition) is 2. The summed E-state index contributed by atoms with van der Waals surface area (Å²) in [6.45, 7) is 0.352. The summed E-state index contributed by atoms with van der Waals surface area (Å²) in [6, 6.07) is 5.20. The number of anilines is 1. The molecule has 1 amide bonds. The van der Waals surface area contributed by atoms with E-state index in [1.807, 2.05) is 0 Å². The second kappa shape index (κ2) is 6.28. The Labute approximate surface area is 109 Å². The van der Waals surface area contributed by atoms with Gasteiger partial charge in [0.15, 0.2) is 0 Å². The van der Waals surface area contributed by atoms with Gasteiger partial charge in [0.1, 0.15) is 18.1 Å².